The molecule has 0 atom stereocenters. The molecule has 18 heavy (non-hydrogen) atoms. The van der Waals surface area contributed by atoms with Gasteiger partial charge in [-0.25, -0.2) is 9.47 Å². The van der Waals surface area contributed by atoms with Crippen molar-refractivity contribution >= 4 is 17.0 Å². The minimum atomic E-state index is -1.10. The maximum absolute atomic E-state index is 11.7. The van der Waals surface area contributed by atoms with Crippen molar-refractivity contribution in [2.75, 3.05) is 19.1 Å². The van der Waals surface area contributed by atoms with Crippen LogP contribution in [-0.4, -0.2) is 34.8 Å². The second-order valence-corrected chi connectivity index (χ2v) is 3.96. The van der Waals surface area contributed by atoms with Gasteiger partial charge in [0.2, 0.25) is 0 Å². The van der Waals surface area contributed by atoms with E-state index in [9.17, 15) is 14.4 Å². The van der Waals surface area contributed by atoms with Gasteiger partial charge < -0.3 is 15.1 Å². The smallest absolute Gasteiger partial charge is 0.335 e. The van der Waals surface area contributed by atoms with Gasteiger partial charge in [-0.15, -0.1) is 0 Å². The number of nitrogens with one attached hydrogen (secondary N) is 1. The molecule has 2 rings (SSSR count). The van der Waals surface area contributed by atoms with Crippen molar-refractivity contribution < 1.29 is 9.90 Å². The van der Waals surface area contributed by atoms with Gasteiger partial charge in [-0.05, 0) is 18.2 Å². The molecule has 0 aliphatic carbocycles. The largest absolute Gasteiger partial charge is 0.478 e. The van der Waals surface area contributed by atoms with Gasteiger partial charge in [0.1, 0.15) is 0 Å². The highest BCUT2D eigenvalue weighted by Crippen LogP contribution is 2.11. The molecule has 1 aromatic carbocycles. The van der Waals surface area contributed by atoms with Crippen LogP contribution in [0.4, 0.5) is 0 Å². The summed E-state index contributed by atoms with van der Waals surface area (Å²) in [4.78, 5) is 36.4. The van der Waals surface area contributed by atoms with Crippen LogP contribution in [0, 0.1) is 0 Å². The van der Waals surface area contributed by atoms with E-state index in [1.54, 1.807) is 14.1 Å². The van der Waals surface area contributed by atoms with Crippen LogP contribution >= 0.6 is 0 Å². The van der Waals surface area contributed by atoms with Crippen molar-refractivity contribution in [2.45, 2.75) is 0 Å². The lowest BCUT2D eigenvalue weighted by Crippen LogP contribution is -2.44. The molecule has 7 heteroatoms. The summed E-state index contributed by atoms with van der Waals surface area (Å²) in [5, 5.41) is 10.3. The number of fused-ring (bicyclic) bond motifs is 1. The van der Waals surface area contributed by atoms with Crippen molar-refractivity contribution in [3.05, 3.63) is 44.5 Å². The lowest BCUT2D eigenvalue weighted by molar-refractivity contribution is 0.0697. The van der Waals surface area contributed by atoms with E-state index in [4.69, 9.17) is 5.11 Å². The molecule has 0 unspecified atom stereocenters. The number of aromatic amines is 1. The average molecular weight is 249 g/mol. The van der Waals surface area contributed by atoms with Crippen molar-refractivity contribution in [1.82, 2.24) is 9.66 Å². The van der Waals surface area contributed by atoms with Gasteiger partial charge in [0, 0.05) is 14.1 Å². The third-order valence-corrected chi connectivity index (χ3v) is 2.51. The normalized spacial score (nSPS) is 10.6. The monoisotopic (exact) mass is 249 g/mol. The van der Waals surface area contributed by atoms with E-state index in [0.29, 0.717) is 11.0 Å². The molecular weight excluding hydrogens is 238 g/mol. The molecule has 0 spiro atoms. The molecule has 2 aromatic rings. The second kappa shape index (κ2) is 4.02. The SMILES string of the molecule is CN(C)n1c(=O)c(=O)[nH]c2cc(C(=O)O)ccc21. The molecule has 0 radical (unpaired) electrons. The highest BCUT2D eigenvalue weighted by atomic mass is 16.4. The topological polar surface area (TPSA) is 95.4 Å². The Kier molecular flexibility index (Phi) is 2.66. The van der Waals surface area contributed by atoms with Crippen LogP contribution in [0.5, 0.6) is 0 Å². The maximum Gasteiger partial charge on any atom is 0.335 e. The molecule has 0 aliphatic heterocycles. The van der Waals surface area contributed by atoms with Gasteiger partial charge in [-0.1, -0.05) is 0 Å². The summed E-state index contributed by atoms with van der Waals surface area (Å²) in [5.74, 6) is -1.10. The van der Waals surface area contributed by atoms with Crippen LogP contribution in [0.2, 0.25) is 0 Å². The first-order chi connectivity index (χ1) is 8.41. The number of carboxylic acid groups (broad SMARTS) is 1. The Morgan fingerprint density at radius 1 is 1.33 bits per heavy atom. The fraction of sp³-hybridized carbons (Fsp3) is 0.182. The van der Waals surface area contributed by atoms with E-state index in [1.807, 2.05) is 0 Å². The minimum absolute atomic E-state index is 0.0436. The third kappa shape index (κ3) is 1.75. The Morgan fingerprint density at radius 3 is 2.56 bits per heavy atom. The predicted molar refractivity (Wildman–Crippen MR) is 65.9 cm³/mol. The minimum Gasteiger partial charge on any atom is -0.478 e. The molecule has 1 aromatic heterocycles. The first-order valence-electron chi connectivity index (χ1n) is 5.12. The van der Waals surface area contributed by atoms with Crippen LogP contribution < -0.4 is 16.1 Å². The molecule has 0 fully saturated rings. The quantitative estimate of drug-likeness (QED) is 0.705. The van der Waals surface area contributed by atoms with Crippen LogP contribution in [0.15, 0.2) is 27.8 Å². The van der Waals surface area contributed by atoms with E-state index in [0.717, 1.165) is 0 Å². The Hall–Kier alpha value is -2.57. The van der Waals surface area contributed by atoms with Crippen molar-refractivity contribution in [1.29, 1.82) is 0 Å². The Bertz CT molecular complexity index is 742. The average Bonchev–Trinajstić information content (AvgIpc) is 2.29. The van der Waals surface area contributed by atoms with Gasteiger partial charge in [0.05, 0.1) is 16.6 Å². The van der Waals surface area contributed by atoms with Gasteiger partial charge in [-0.3, -0.25) is 9.59 Å². The number of nitrogens with zero attached hydrogens (tertiary/aromatic N) is 2. The molecule has 0 saturated heterocycles. The number of rotatable bonds is 2. The lowest BCUT2D eigenvalue weighted by Gasteiger charge is -2.17. The standard InChI is InChI=1S/C11H11N3O4/c1-13(2)14-8-4-3-6(11(17)18)5-7(8)12-9(15)10(14)16/h3-5H,1-2H3,(H,12,15)(H,17,18). The molecule has 0 saturated carbocycles. The van der Waals surface area contributed by atoms with Gasteiger partial charge >= 0.3 is 17.1 Å². The van der Waals surface area contributed by atoms with Gasteiger partial charge in [0.25, 0.3) is 0 Å². The van der Waals surface area contributed by atoms with E-state index in [1.165, 1.54) is 27.9 Å². The summed E-state index contributed by atoms with van der Waals surface area (Å²) < 4.78 is 1.18. The molecule has 1 heterocycles. The molecular formula is C11H11N3O4. The lowest BCUT2D eigenvalue weighted by atomic mass is 10.2. The molecule has 0 amide bonds. The number of hydrogen-bond acceptors (Lipinski definition) is 4. The number of aromatic carboxylic acids is 1. The van der Waals surface area contributed by atoms with Crippen LogP contribution in [0.1, 0.15) is 10.4 Å². The highest BCUT2D eigenvalue weighted by Gasteiger charge is 2.11. The zero-order chi connectivity index (χ0) is 13.4. The highest BCUT2D eigenvalue weighted by molar-refractivity contribution is 5.92. The molecule has 0 aliphatic rings. The summed E-state index contributed by atoms with van der Waals surface area (Å²) >= 11 is 0. The van der Waals surface area contributed by atoms with E-state index in [-0.39, 0.29) is 5.56 Å². The molecule has 7 nitrogen and oxygen atoms in total. The molecule has 2 N–H and O–H groups in total. The zero-order valence-electron chi connectivity index (χ0n) is 9.80. The van der Waals surface area contributed by atoms with E-state index < -0.39 is 17.1 Å². The van der Waals surface area contributed by atoms with Crippen LogP contribution in [0.25, 0.3) is 11.0 Å². The number of benzene rings is 1. The first-order valence-corrected chi connectivity index (χ1v) is 5.12. The summed E-state index contributed by atoms with van der Waals surface area (Å²) in [7, 11) is 3.23. The van der Waals surface area contributed by atoms with Gasteiger partial charge in [0.15, 0.2) is 0 Å². The van der Waals surface area contributed by atoms with Crippen LogP contribution in [0.3, 0.4) is 0 Å². The number of H-pyrrole nitrogens is 1. The predicted octanol–water partition coefficient (Wildman–Crippen LogP) is -0.414. The summed E-state index contributed by atoms with van der Waals surface area (Å²) in [6.07, 6.45) is 0. The summed E-state index contributed by atoms with van der Waals surface area (Å²) in [6.45, 7) is 0. The van der Waals surface area contributed by atoms with E-state index in [2.05, 4.69) is 4.98 Å². The number of hydrogen-bond donors (Lipinski definition) is 2. The number of carboxylic acids is 1. The molecule has 0 bridgehead atoms. The summed E-state index contributed by atoms with van der Waals surface area (Å²) in [5.41, 5.74) is -0.723. The fourth-order valence-electron chi connectivity index (χ4n) is 1.73. The van der Waals surface area contributed by atoms with Crippen molar-refractivity contribution in [2.24, 2.45) is 0 Å². The zero-order valence-corrected chi connectivity index (χ0v) is 9.80. The van der Waals surface area contributed by atoms with Gasteiger partial charge in [-0.2, -0.15) is 0 Å². The Morgan fingerprint density at radius 2 is 2.00 bits per heavy atom. The first kappa shape index (κ1) is 11.9. The van der Waals surface area contributed by atoms with E-state index >= 15 is 0 Å². The maximum atomic E-state index is 11.7. The fourth-order valence-corrected chi connectivity index (χ4v) is 1.73. The Balaban J connectivity index is 2.92. The number of aromatic nitrogens is 2. The molecule has 94 valence electrons. The number of carbonyl (C=O) groups is 1. The van der Waals surface area contributed by atoms with Crippen molar-refractivity contribution in [3.8, 4) is 0 Å². The summed E-state index contributed by atoms with van der Waals surface area (Å²) in [6, 6.07) is 4.18. The third-order valence-electron chi connectivity index (χ3n) is 2.51. The van der Waals surface area contributed by atoms with Crippen molar-refractivity contribution in [3.63, 3.8) is 0 Å². The second-order valence-electron chi connectivity index (χ2n) is 3.96. The van der Waals surface area contributed by atoms with Crippen LogP contribution in [-0.2, 0) is 0 Å². The Labute approximate surface area is 101 Å².